The summed E-state index contributed by atoms with van der Waals surface area (Å²) in [6.07, 6.45) is 0.454. The van der Waals surface area contributed by atoms with Crippen molar-refractivity contribution < 1.29 is 14.7 Å². The van der Waals surface area contributed by atoms with Gasteiger partial charge in [0.1, 0.15) is 0 Å². The van der Waals surface area contributed by atoms with Gasteiger partial charge in [-0.25, -0.2) is 9.59 Å². The number of anilines is 1. The molecule has 20 heavy (non-hydrogen) atoms. The first-order valence-electron chi connectivity index (χ1n) is 6.64. The highest BCUT2D eigenvalue weighted by Gasteiger charge is 2.27. The molecule has 0 radical (unpaired) electrons. The van der Waals surface area contributed by atoms with Gasteiger partial charge < -0.3 is 20.2 Å². The highest BCUT2D eigenvalue weighted by Crippen LogP contribution is 2.16. The third kappa shape index (κ3) is 3.40. The number of carbonyl (C=O) groups excluding carboxylic acids is 1. The van der Waals surface area contributed by atoms with Crippen molar-refractivity contribution >= 4 is 17.8 Å². The average molecular weight is 277 g/mol. The highest BCUT2D eigenvalue weighted by molar-refractivity contribution is 5.89. The lowest BCUT2D eigenvalue weighted by Gasteiger charge is -2.35. The normalized spacial score (nSPS) is 15.8. The van der Waals surface area contributed by atoms with E-state index in [9.17, 15) is 9.59 Å². The van der Waals surface area contributed by atoms with Gasteiger partial charge in [-0.05, 0) is 25.0 Å². The number of para-hydroxylation sites is 1. The first kappa shape index (κ1) is 14.2. The maximum Gasteiger partial charge on any atom is 0.407 e. The van der Waals surface area contributed by atoms with Crippen LogP contribution in [0.1, 0.15) is 12.8 Å². The summed E-state index contributed by atoms with van der Waals surface area (Å²) in [6, 6.07) is 9.19. The van der Waals surface area contributed by atoms with Gasteiger partial charge in [0.2, 0.25) is 0 Å². The zero-order valence-corrected chi connectivity index (χ0v) is 11.5. The second-order valence-corrected chi connectivity index (χ2v) is 4.91. The predicted octanol–water partition coefficient (Wildman–Crippen LogP) is 2.29. The molecule has 1 aliphatic rings. The number of likely N-dealkylation sites (tertiary alicyclic amines) is 1. The Hall–Kier alpha value is -2.24. The van der Waals surface area contributed by atoms with Crippen molar-refractivity contribution in [2.24, 2.45) is 0 Å². The molecule has 0 unspecified atom stereocenters. The molecule has 0 atom stereocenters. The Labute approximate surface area is 118 Å². The van der Waals surface area contributed by atoms with Crippen LogP contribution in [0.15, 0.2) is 30.3 Å². The van der Waals surface area contributed by atoms with E-state index in [1.54, 1.807) is 11.9 Å². The molecule has 108 valence electrons. The van der Waals surface area contributed by atoms with Crippen molar-refractivity contribution in [2.45, 2.75) is 18.9 Å². The zero-order chi connectivity index (χ0) is 14.5. The van der Waals surface area contributed by atoms with Crippen LogP contribution in [0.5, 0.6) is 0 Å². The Kier molecular flexibility index (Phi) is 4.45. The van der Waals surface area contributed by atoms with Crippen molar-refractivity contribution in [3.63, 3.8) is 0 Å². The summed E-state index contributed by atoms with van der Waals surface area (Å²) >= 11 is 0. The number of nitrogens with one attached hydrogen (secondary N) is 1. The van der Waals surface area contributed by atoms with Crippen molar-refractivity contribution in [3.05, 3.63) is 30.3 Å². The number of nitrogens with zero attached hydrogens (tertiary/aromatic N) is 2. The number of carboxylic acid groups (broad SMARTS) is 1. The van der Waals surface area contributed by atoms with E-state index in [1.165, 1.54) is 4.90 Å². The summed E-state index contributed by atoms with van der Waals surface area (Å²) in [5.41, 5.74) is 0.757. The molecule has 1 saturated heterocycles. The summed E-state index contributed by atoms with van der Waals surface area (Å²) < 4.78 is 0. The molecule has 1 heterocycles. The Balaban J connectivity index is 1.87. The van der Waals surface area contributed by atoms with E-state index in [1.807, 2.05) is 30.3 Å². The molecule has 0 saturated carbocycles. The molecule has 0 aromatic heterocycles. The number of urea groups is 1. The van der Waals surface area contributed by atoms with Crippen LogP contribution in [-0.2, 0) is 0 Å². The molecule has 0 aliphatic carbocycles. The number of carbonyl (C=O) groups is 2. The molecule has 0 spiro atoms. The predicted molar refractivity (Wildman–Crippen MR) is 75.8 cm³/mol. The molecule has 6 heteroatoms. The molecular weight excluding hydrogens is 258 g/mol. The standard InChI is InChI=1S/C14H19N3O3/c1-16(12-7-9-17(10-8-12)14(19)20)13(18)15-11-5-3-2-4-6-11/h2-6,12H,7-10H2,1H3,(H,15,18)(H,19,20). The first-order chi connectivity index (χ1) is 9.58. The van der Waals surface area contributed by atoms with Gasteiger partial charge in [-0.1, -0.05) is 18.2 Å². The van der Waals surface area contributed by atoms with Crippen molar-refractivity contribution in [1.29, 1.82) is 0 Å². The SMILES string of the molecule is CN(C(=O)Nc1ccccc1)C1CCN(C(=O)O)CC1. The molecule has 2 rings (SSSR count). The summed E-state index contributed by atoms with van der Waals surface area (Å²) in [4.78, 5) is 26.0. The number of benzene rings is 1. The monoisotopic (exact) mass is 277 g/mol. The molecule has 1 aromatic carbocycles. The maximum absolute atomic E-state index is 12.1. The van der Waals surface area contributed by atoms with Crippen LogP contribution in [0.3, 0.4) is 0 Å². The van der Waals surface area contributed by atoms with E-state index in [0.717, 1.165) is 5.69 Å². The second-order valence-electron chi connectivity index (χ2n) is 4.91. The minimum absolute atomic E-state index is 0.0781. The quantitative estimate of drug-likeness (QED) is 0.871. The fourth-order valence-electron chi connectivity index (χ4n) is 2.34. The van der Waals surface area contributed by atoms with Crippen molar-refractivity contribution in [3.8, 4) is 0 Å². The lowest BCUT2D eigenvalue weighted by Crippen LogP contribution is -2.48. The molecule has 6 nitrogen and oxygen atoms in total. The Morgan fingerprint density at radius 2 is 1.85 bits per heavy atom. The third-order valence-electron chi connectivity index (χ3n) is 3.63. The van der Waals surface area contributed by atoms with Crippen molar-refractivity contribution in [2.75, 3.05) is 25.5 Å². The average Bonchev–Trinajstić information content (AvgIpc) is 2.47. The van der Waals surface area contributed by atoms with Crippen LogP contribution in [0.2, 0.25) is 0 Å². The van der Waals surface area contributed by atoms with Gasteiger partial charge >= 0.3 is 12.1 Å². The van der Waals surface area contributed by atoms with Crippen LogP contribution in [0, 0.1) is 0 Å². The van der Waals surface area contributed by atoms with Crippen LogP contribution in [0.25, 0.3) is 0 Å². The number of hydrogen-bond acceptors (Lipinski definition) is 2. The van der Waals surface area contributed by atoms with Crippen LogP contribution in [-0.4, -0.2) is 53.2 Å². The van der Waals surface area contributed by atoms with E-state index in [4.69, 9.17) is 5.11 Å². The molecule has 1 aromatic rings. The molecule has 1 fully saturated rings. The maximum atomic E-state index is 12.1. The van der Waals surface area contributed by atoms with E-state index in [2.05, 4.69) is 5.32 Å². The number of piperidine rings is 1. The van der Waals surface area contributed by atoms with Crippen molar-refractivity contribution in [1.82, 2.24) is 9.80 Å². The highest BCUT2D eigenvalue weighted by atomic mass is 16.4. The molecule has 3 amide bonds. The summed E-state index contributed by atoms with van der Waals surface area (Å²) in [7, 11) is 1.75. The Morgan fingerprint density at radius 3 is 2.40 bits per heavy atom. The van der Waals surface area contributed by atoms with E-state index >= 15 is 0 Å². The van der Waals surface area contributed by atoms with Gasteiger partial charge in [0.25, 0.3) is 0 Å². The van der Waals surface area contributed by atoms with E-state index in [-0.39, 0.29) is 12.1 Å². The number of rotatable bonds is 2. The largest absolute Gasteiger partial charge is 0.465 e. The Morgan fingerprint density at radius 1 is 1.25 bits per heavy atom. The second kappa shape index (κ2) is 6.27. The van der Waals surface area contributed by atoms with E-state index < -0.39 is 6.09 Å². The molecule has 2 N–H and O–H groups in total. The smallest absolute Gasteiger partial charge is 0.407 e. The molecule has 0 bridgehead atoms. The van der Waals surface area contributed by atoms with Gasteiger partial charge in [0.05, 0.1) is 0 Å². The molecule has 1 aliphatic heterocycles. The number of hydrogen-bond donors (Lipinski definition) is 2. The van der Waals surface area contributed by atoms with Gasteiger partial charge in [0, 0.05) is 31.9 Å². The van der Waals surface area contributed by atoms with E-state index in [0.29, 0.717) is 25.9 Å². The van der Waals surface area contributed by atoms with Gasteiger partial charge in [-0.15, -0.1) is 0 Å². The Bertz CT molecular complexity index is 470. The van der Waals surface area contributed by atoms with Gasteiger partial charge in [-0.2, -0.15) is 0 Å². The fraction of sp³-hybridized carbons (Fsp3) is 0.429. The molecular formula is C14H19N3O3. The fourth-order valence-corrected chi connectivity index (χ4v) is 2.34. The summed E-state index contributed by atoms with van der Waals surface area (Å²) in [5.74, 6) is 0. The lowest BCUT2D eigenvalue weighted by molar-refractivity contribution is 0.114. The third-order valence-corrected chi connectivity index (χ3v) is 3.63. The summed E-state index contributed by atoms with van der Waals surface area (Å²) in [6.45, 7) is 0.950. The van der Waals surface area contributed by atoms with Crippen LogP contribution < -0.4 is 5.32 Å². The van der Waals surface area contributed by atoms with Crippen LogP contribution in [0.4, 0.5) is 15.3 Å². The van der Waals surface area contributed by atoms with Gasteiger partial charge in [0.15, 0.2) is 0 Å². The lowest BCUT2D eigenvalue weighted by atomic mass is 10.0. The number of amides is 3. The topological polar surface area (TPSA) is 72.9 Å². The van der Waals surface area contributed by atoms with Gasteiger partial charge in [-0.3, -0.25) is 0 Å². The van der Waals surface area contributed by atoms with Crippen LogP contribution >= 0.6 is 0 Å². The zero-order valence-electron chi connectivity index (χ0n) is 11.5. The minimum Gasteiger partial charge on any atom is -0.465 e. The summed E-state index contributed by atoms with van der Waals surface area (Å²) in [5, 5.41) is 11.7. The first-order valence-corrected chi connectivity index (χ1v) is 6.64. The minimum atomic E-state index is -0.889.